The summed E-state index contributed by atoms with van der Waals surface area (Å²) in [5.74, 6) is -0.367. The minimum Gasteiger partial charge on any atom is -0.268 e. The largest absolute Gasteiger partial charge is 0.268 e. The van der Waals surface area contributed by atoms with E-state index in [9.17, 15) is 4.79 Å². The van der Waals surface area contributed by atoms with Gasteiger partial charge in [-0.3, -0.25) is 10.1 Å². The molecule has 3 heteroatoms. The third kappa shape index (κ3) is 1.80. The van der Waals surface area contributed by atoms with Gasteiger partial charge in [-0.1, -0.05) is 18.2 Å². The molecule has 1 N–H and O–H groups in total. The van der Waals surface area contributed by atoms with Crippen molar-refractivity contribution in [2.75, 3.05) is 0 Å². The lowest BCUT2D eigenvalue weighted by Gasteiger charge is -1.94. The predicted octanol–water partition coefficient (Wildman–Crippen LogP) is 0.897. The molecule has 11 heavy (non-hydrogen) atoms. The molecule has 0 aromatic heterocycles. The first-order valence-electron chi connectivity index (χ1n) is 3.09. The standard InChI is InChI=1S/C8H6N2O/c9-6-10-8(11)7-4-2-1-3-5-7/h1-5H,(H,10,11). The summed E-state index contributed by atoms with van der Waals surface area (Å²) in [6, 6.07) is 8.58. The highest BCUT2D eigenvalue weighted by Gasteiger charge is 2.00. The Bertz CT molecular complexity index is 287. The third-order valence-electron chi connectivity index (χ3n) is 1.21. The molecule has 0 aliphatic carbocycles. The van der Waals surface area contributed by atoms with Gasteiger partial charge in [0.15, 0.2) is 6.19 Å². The van der Waals surface area contributed by atoms with Gasteiger partial charge in [0.1, 0.15) is 0 Å². The smallest absolute Gasteiger partial charge is 0.264 e. The van der Waals surface area contributed by atoms with E-state index in [1.54, 1.807) is 30.5 Å². The molecule has 0 heterocycles. The number of nitrogens with zero attached hydrogens (tertiary/aromatic N) is 1. The van der Waals surface area contributed by atoms with Gasteiger partial charge in [-0.2, -0.15) is 5.26 Å². The fourth-order valence-corrected chi connectivity index (χ4v) is 0.712. The second-order valence-corrected chi connectivity index (χ2v) is 1.93. The lowest BCUT2D eigenvalue weighted by atomic mass is 10.2. The van der Waals surface area contributed by atoms with E-state index in [0.717, 1.165) is 0 Å². The van der Waals surface area contributed by atoms with Crippen LogP contribution in [0, 0.1) is 11.5 Å². The van der Waals surface area contributed by atoms with Crippen LogP contribution in [0.15, 0.2) is 30.3 Å². The van der Waals surface area contributed by atoms with Crippen molar-refractivity contribution in [3.63, 3.8) is 0 Å². The van der Waals surface area contributed by atoms with Crippen LogP contribution in [-0.2, 0) is 0 Å². The van der Waals surface area contributed by atoms with Crippen LogP contribution < -0.4 is 5.32 Å². The summed E-state index contributed by atoms with van der Waals surface area (Å²) >= 11 is 0. The molecule has 0 saturated carbocycles. The van der Waals surface area contributed by atoms with Gasteiger partial charge in [-0.15, -0.1) is 0 Å². The Labute approximate surface area is 64.3 Å². The molecule has 1 rings (SSSR count). The Morgan fingerprint density at radius 3 is 2.55 bits per heavy atom. The van der Waals surface area contributed by atoms with Crippen LogP contribution >= 0.6 is 0 Å². The molecule has 1 aromatic carbocycles. The van der Waals surface area contributed by atoms with E-state index in [2.05, 4.69) is 0 Å². The minimum absolute atomic E-state index is 0.367. The van der Waals surface area contributed by atoms with Gasteiger partial charge in [-0.05, 0) is 12.1 Å². The van der Waals surface area contributed by atoms with Crippen LogP contribution in [0.4, 0.5) is 0 Å². The Morgan fingerprint density at radius 2 is 2.00 bits per heavy atom. The predicted molar refractivity (Wildman–Crippen MR) is 39.5 cm³/mol. The average Bonchev–Trinajstić information content (AvgIpc) is 2.07. The fraction of sp³-hybridized carbons (Fsp3) is 0. The molecular weight excluding hydrogens is 140 g/mol. The Morgan fingerprint density at radius 1 is 1.36 bits per heavy atom. The first-order valence-corrected chi connectivity index (χ1v) is 3.09. The van der Waals surface area contributed by atoms with Crippen molar-refractivity contribution in [3.05, 3.63) is 35.9 Å². The zero-order valence-corrected chi connectivity index (χ0v) is 5.74. The van der Waals surface area contributed by atoms with Crippen LogP contribution in [-0.4, -0.2) is 5.91 Å². The van der Waals surface area contributed by atoms with E-state index in [4.69, 9.17) is 5.26 Å². The van der Waals surface area contributed by atoms with Crippen molar-refractivity contribution >= 4 is 5.91 Å². The molecule has 0 radical (unpaired) electrons. The summed E-state index contributed by atoms with van der Waals surface area (Å²) in [6.07, 6.45) is 1.57. The molecule has 1 amide bonds. The number of hydrogen-bond acceptors (Lipinski definition) is 2. The van der Waals surface area contributed by atoms with Gasteiger partial charge < -0.3 is 0 Å². The second kappa shape index (κ2) is 3.37. The van der Waals surface area contributed by atoms with Crippen molar-refractivity contribution < 1.29 is 4.79 Å². The van der Waals surface area contributed by atoms with Crippen LogP contribution in [0.1, 0.15) is 10.4 Å². The first kappa shape index (κ1) is 7.29. The third-order valence-corrected chi connectivity index (χ3v) is 1.21. The van der Waals surface area contributed by atoms with Crippen molar-refractivity contribution in [1.82, 2.24) is 5.32 Å². The maximum absolute atomic E-state index is 10.9. The summed E-state index contributed by atoms with van der Waals surface area (Å²) in [7, 11) is 0. The normalized spacial score (nSPS) is 8.27. The highest BCUT2D eigenvalue weighted by molar-refractivity contribution is 5.94. The highest BCUT2D eigenvalue weighted by Crippen LogP contribution is 1.96. The van der Waals surface area contributed by atoms with Gasteiger partial charge in [0.25, 0.3) is 5.91 Å². The van der Waals surface area contributed by atoms with E-state index < -0.39 is 0 Å². The van der Waals surface area contributed by atoms with E-state index in [1.807, 2.05) is 11.4 Å². The topological polar surface area (TPSA) is 52.9 Å². The van der Waals surface area contributed by atoms with Crippen LogP contribution in [0.2, 0.25) is 0 Å². The number of hydrogen-bond donors (Lipinski definition) is 1. The molecule has 0 unspecified atom stereocenters. The number of rotatable bonds is 1. The highest BCUT2D eigenvalue weighted by atomic mass is 16.1. The first-order chi connectivity index (χ1) is 5.34. The lowest BCUT2D eigenvalue weighted by Crippen LogP contribution is -2.16. The van der Waals surface area contributed by atoms with Gasteiger partial charge in [0.2, 0.25) is 0 Å². The summed E-state index contributed by atoms with van der Waals surface area (Å²) in [5, 5.41) is 10.1. The number of carbonyl (C=O) groups is 1. The molecule has 3 nitrogen and oxygen atoms in total. The van der Waals surface area contributed by atoms with E-state index >= 15 is 0 Å². The van der Waals surface area contributed by atoms with Crippen molar-refractivity contribution in [2.24, 2.45) is 0 Å². The summed E-state index contributed by atoms with van der Waals surface area (Å²) in [4.78, 5) is 10.9. The maximum Gasteiger partial charge on any atom is 0.264 e. The van der Waals surface area contributed by atoms with E-state index in [1.165, 1.54) is 0 Å². The molecule has 54 valence electrons. The molecule has 0 saturated heterocycles. The van der Waals surface area contributed by atoms with Crippen LogP contribution in [0.5, 0.6) is 0 Å². The number of amides is 1. The average molecular weight is 146 g/mol. The number of nitriles is 1. The monoisotopic (exact) mass is 146 g/mol. The van der Waals surface area contributed by atoms with Gasteiger partial charge >= 0.3 is 0 Å². The quantitative estimate of drug-likeness (QED) is 0.472. The molecule has 0 fully saturated rings. The molecule has 0 aliphatic heterocycles. The Balaban J connectivity index is 2.79. The van der Waals surface area contributed by atoms with Crippen LogP contribution in [0.25, 0.3) is 0 Å². The van der Waals surface area contributed by atoms with Gasteiger partial charge in [-0.25, -0.2) is 0 Å². The minimum atomic E-state index is -0.367. The fourth-order valence-electron chi connectivity index (χ4n) is 0.712. The van der Waals surface area contributed by atoms with Crippen LogP contribution in [0.3, 0.4) is 0 Å². The SMILES string of the molecule is N#CNC(=O)c1ccccc1. The molecule has 1 aromatic rings. The van der Waals surface area contributed by atoms with E-state index in [-0.39, 0.29) is 5.91 Å². The zero-order chi connectivity index (χ0) is 8.10. The summed E-state index contributed by atoms with van der Waals surface area (Å²) < 4.78 is 0. The van der Waals surface area contributed by atoms with Crippen molar-refractivity contribution in [3.8, 4) is 6.19 Å². The van der Waals surface area contributed by atoms with Crippen molar-refractivity contribution in [2.45, 2.75) is 0 Å². The second-order valence-electron chi connectivity index (χ2n) is 1.93. The van der Waals surface area contributed by atoms with Gasteiger partial charge in [0, 0.05) is 5.56 Å². The Hall–Kier alpha value is -1.82. The molecule has 0 bridgehead atoms. The number of nitrogens with one attached hydrogen (secondary N) is 1. The van der Waals surface area contributed by atoms with Gasteiger partial charge in [0.05, 0.1) is 0 Å². The molecule has 0 spiro atoms. The zero-order valence-electron chi connectivity index (χ0n) is 5.74. The number of benzene rings is 1. The Kier molecular flexibility index (Phi) is 2.24. The molecule has 0 aliphatic rings. The molecule has 0 atom stereocenters. The summed E-state index contributed by atoms with van der Waals surface area (Å²) in [6.45, 7) is 0. The van der Waals surface area contributed by atoms with Crippen molar-refractivity contribution in [1.29, 1.82) is 5.26 Å². The number of carbonyl (C=O) groups excluding carboxylic acids is 1. The lowest BCUT2D eigenvalue weighted by molar-refractivity contribution is 0.0973. The maximum atomic E-state index is 10.9. The van der Waals surface area contributed by atoms with E-state index in [0.29, 0.717) is 5.56 Å². The molecular formula is C8H6N2O. The summed E-state index contributed by atoms with van der Waals surface area (Å²) in [5.41, 5.74) is 0.494.